The van der Waals surface area contributed by atoms with E-state index < -0.39 is 26.5 Å². The van der Waals surface area contributed by atoms with Crippen molar-refractivity contribution in [1.29, 1.82) is 0 Å². The molecule has 0 aromatic heterocycles. The van der Waals surface area contributed by atoms with Gasteiger partial charge in [0.2, 0.25) is 5.91 Å². The SMILES string of the molecule is CC(Sc1ccccc1C(=O)OCC(=O)C(C)(C)C)C(=O)NC1CCS(=O)(=O)C1. The van der Waals surface area contributed by atoms with Crippen LogP contribution in [0.15, 0.2) is 29.2 Å². The van der Waals surface area contributed by atoms with Crippen LogP contribution in [0, 0.1) is 5.41 Å². The van der Waals surface area contributed by atoms with Crippen LogP contribution >= 0.6 is 11.8 Å². The van der Waals surface area contributed by atoms with Crippen molar-refractivity contribution in [3.63, 3.8) is 0 Å². The van der Waals surface area contributed by atoms with Gasteiger partial charge in [-0.05, 0) is 25.5 Å². The van der Waals surface area contributed by atoms with Crippen molar-refractivity contribution in [3.8, 4) is 0 Å². The third-order valence-corrected chi connectivity index (χ3v) is 7.48. The predicted molar refractivity (Wildman–Crippen MR) is 112 cm³/mol. The molecule has 1 aliphatic rings. The highest BCUT2D eigenvalue weighted by Gasteiger charge is 2.30. The van der Waals surface area contributed by atoms with Crippen molar-refractivity contribution < 1.29 is 27.5 Å². The number of esters is 1. The van der Waals surface area contributed by atoms with Crippen molar-refractivity contribution in [1.82, 2.24) is 5.32 Å². The van der Waals surface area contributed by atoms with Crippen LogP contribution in [-0.4, -0.2) is 55.5 Å². The first-order valence-electron chi connectivity index (χ1n) is 9.36. The van der Waals surface area contributed by atoms with Crippen molar-refractivity contribution in [2.75, 3.05) is 18.1 Å². The molecule has 1 aliphatic heterocycles. The van der Waals surface area contributed by atoms with Crippen molar-refractivity contribution in [2.45, 2.75) is 50.3 Å². The van der Waals surface area contributed by atoms with E-state index in [1.807, 2.05) is 0 Å². The van der Waals surface area contributed by atoms with E-state index in [1.54, 1.807) is 52.0 Å². The first kappa shape index (κ1) is 23.4. The van der Waals surface area contributed by atoms with Gasteiger partial charge in [-0.2, -0.15) is 0 Å². The fourth-order valence-corrected chi connectivity index (χ4v) is 5.30. The Morgan fingerprint density at radius 1 is 1.24 bits per heavy atom. The molecule has 2 unspecified atom stereocenters. The van der Waals surface area contributed by atoms with Crippen molar-refractivity contribution in [3.05, 3.63) is 29.8 Å². The lowest BCUT2D eigenvalue weighted by Gasteiger charge is -2.18. The Morgan fingerprint density at radius 3 is 2.48 bits per heavy atom. The van der Waals surface area contributed by atoms with E-state index in [9.17, 15) is 22.8 Å². The number of rotatable bonds is 7. The summed E-state index contributed by atoms with van der Waals surface area (Å²) in [6.07, 6.45) is 0.413. The standard InChI is InChI=1S/C20H27NO6S2/c1-13(18(23)21-14-9-10-29(25,26)12-14)28-16-8-6-5-7-15(16)19(24)27-11-17(22)20(2,3)4/h5-8,13-14H,9-12H2,1-4H3,(H,21,23). The maximum absolute atomic E-state index is 12.4. The molecule has 1 fully saturated rings. The molecule has 0 saturated carbocycles. The molecule has 29 heavy (non-hydrogen) atoms. The van der Waals surface area contributed by atoms with Gasteiger partial charge in [0, 0.05) is 16.4 Å². The van der Waals surface area contributed by atoms with Gasteiger partial charge in [-0.15, -0.1) is 11.8 Å². The number of Topliss-reactive ketones (excluding diaryl/α,β-unsaturated/α-hetero) is 1. The Balaban J connectivity index is 1.99. The van der Waals surface area contributed by atoms with Crippen LogP contribution in [0.3, 0.4) is 0 Å². The Kier molecular flexibility index (Phi) is 7.50. The maximum Gasteiger partial charge on any atom is 0.339 e. The smallest absolute Gasteiger partial charge is 0.339 e. The number of sulfone groups is 1. The van der Waals surface area contributed by atoms with Crippen LogP contribution in [0.25, 0.3) is 0 Å². The summed E-state index contributed by atoms with van der Waals surface area (Å²) in [7, 11) is -3.08. The van der Waals surface area contributed by atoms with E-state index in [0.717, 1.165) is 0 Å². The van der Waals surface area contributed by atoms with Gasteiger partial charge in [0.05, 0.1) is 22.3 Å². The fraction of sp³-hybridized carbons (Fsp3) is 0.550. The van der Waals surface area contributed by atoms with Crippen molar-refractivity contribution >= 4 is 39.3 Å². The number of benzene rings is 1. The van der Waals surface area contributed by atoms with Crippen LogP contribution in [0.4, 0.5) is 0 Å². The van der Waals surface area contributed by atoms with E-state index >= 15 is 0 Å². The molecule has 1 heterocycles. The highest BCUT2D eigenvalue weighted by molar-refractivity contribution is 8.00. The number of carbonyl (C=O) groups excluding carboxylic acids is 3. The molecule has 9 heteroatoms. The zero-order valence-corrected chi connectivity index (χ0v) is 18.7. The van der Waals surface area contributed by atoms with Crippen LogP contribution in [-0.2, 0) is 24.2 Å². The van der Waals surface area contributed by atoms with Gasteiger partial charge in [-0.1, -0.05) is 32.9 Å². The second-order valence-corrected chi connectivity index (χ2v) is 11.7. The summed E-state index contributed by atoms with van der Waals surface area (Å²) in [6, 6.07) is 6.34. The molecule has 1 saturated heterocycles. The van der Waals surface area contributed by atoms with E-state index in [4.69, 9.17) is 4.74 Å². The fourth-order valence-electron chi connectivity index (χ4n) is 2.63. The first-order valence-corrected chi connectivity index (χ1v) is 12.1. The lowest BCUT2D eigenvalue weighted by atomic mass is 9.91. The highest BCUT2D eigenvalue weighted by Crippen LogP contribution is 2.28. The molecule has 0 spiro atoms. The highest BCUT2D eigenvalue weighted by atomic mass is 32.2. The van der Waals surface area contributed by atoms with Gasteiger partial charge in [0.1, 0.15) is 0 Å². The number of hydrogen-bond acceptors (Lipinski definition) is 7. The Labute approximate surface area is 175 Å². The zero-order valence-electron chi connectivity index (χ0n) is 17.1. The predicted octanol–water partition coefficient (Wildman–Crippen LogP) is 2.24. The number of thioether (sulfide) groups is 1. The molecule has 2 rings (SSSR count). The number of amides is 1. The second-order valence-electron chi connectivity index (χ2n) is 8.11. The molecule has 1 N–H and O–H groups in total. The number of carbonyl (C=O) groups is 3. The Bertz CT molecular complexity index is 888. The molecule has 0 bridgehead atoms. The Hall–Kier alpha value is -1.87. The molecule has 7 nitrogen and oxygen atoms in total. The largest absolute Gasteiger partial charge is 0.454 e. The molecular formula is C20H27NO6S2. The number of ether oxygens (including phenoxy) is 1. The maximum atomic E-state index is 12.4. The van der Waals surface area contributed by atoms with Gasteiger partial charge >= 0.3 is 5.97 Å². The lowest BCUT2D eigenvalue weighted by Crippen LogP contribution is -2.40. The Morgan fingerprint density at radius 2 is 1.90 bits per heavy atom. The summed E-state index contributed by atoms with van der Waals surface area (Å²) < 4.78 is 28.2. The third-order valence-electron chi connectivity index (χ3n) is 4.53. The molecule has 0 aliphatic carbocycles. The van der Waals surface area contributed by atoms with Gasteiger partial charge < -0.3 is 10.1 Å². The summed E-state index contributed by atoms with van der Waals surface area (Å²) in [5.74, 6) is -1.05. The molecule has 1 aromatic carbocycles. The van der Waals surface area contributed by atoms with E-state index in [0.29, 0.717) is 11.3 Å². The topological polar surface area (TPSA) is 107 Å². The molecule has 2 atom stereocenters. The van der Waals surface area contributed by atoms with Gasteiger partial charge in [0.25, 0.3) is 0 Å². The first-order chi connectivity index (χ1) is 13.4. The van der Waals surface area contributed by atoms with Crippen LogP contribution in [0.1, 0.15) is 44.5 Å². The van der Waals surface area contributed by atoms with E-state index in [-0.39, 0.29) is 41.4 Å². The summed E-state index contributed by atoms with van der Waals surface area (Å²) >= 11 is 1.18. The molecule has 0 radical (unpaired) electrons. The summed E-state index contributed by atoms with van der Waals surface area (Å²) in [5.41, 5.74) is -0.322. The third kappa shape index (κ3) is 6.85. The van der Waals surface area contributed by atoms with Gasteiger partial charge in [-0.25, -0.2) is 13.2 Å². The van der Waals surface area contributed by atoms with Crippen LogP contribution in [0.2, 0.25) is 0 Å². The normalized spacial score (nSPS) is 19.4. The monoisotopic (exact) mass is 441 g/mol. The summed E-state index contributed by atoms with van der Waals surface area (Å²) in [5, 5.41) is 2.22. The number of nitrogens with one attached hydrogen (secondary N) is 1. The summed E-state index contributed by atoms with van der Waals surface area (Å²) in [6.45, 7) is 6.64. The van der Waals surface area contributed by atoms with E-state index in [2.05, 4.69) is 5.32 Å². The van der Waals surface area contributed by atoms with Gasteiger partial charge in [-0.3, -0.25) is 9.59 Å². The number of hydrogen-bond donors (Lipinski definition) is 1. The average molecular weight is 442 g/mol. The summed E-state index contributed by atoms with van der Waals surface area (Å²) in [4.78, 5) is 37.4. The lowest BCUT2D eigenvalue weighted by molar-refractivity contribution is -0.129. The minimum absolute atomic E-state index is 0.0408. The zero-order chi connectivity index (χ0) is 21.8. The van der Waals surface area contributed by atoms with Crippen molar-refractivity contribution in [2.24, 2.45) is 5.41 Å². The quantitative estimate of drug-likeness (QED) is 0.511. The second kappa shape index (κ2) is 9.30. The molecule has 1 amide bonds. The van der Waals surface area contributed by atoms with Crippen LogP contribution in [0.5, 0.6) is 0 Å². The minimum Gasteiger partial charge on any atom is -0.454 e. The molecule has 1 aromatic rings. The minimum atomic E-state index is -3.08. The van der Waals surface area contributed by atoms with Crippen LogP contribution < -0.4 is 5.32 Å². The molecule has 160 valence electrons. The number of ketones is 1. The average Bonchev–Trinajstić information content (AvgIpc) is 2.97. The van der Waals surface area contributed by atoms with Gasteiger partial charge in [0.15, 0.2) is 22.2 Å². The van der Waals surface area contributed by atoms with E-state index in [1.165, 1.54) is 11.8 Å². The molecular weight excluding hydrogens is 414 g/mol.